The Morgan fingerprint density at radius 3 is 2.93 bits per heavy atom. The number of hydrogen-bond acceptors (Lipinski definition) is 6. The number of fused-ring (bicyclic) bond motifs is 1. The highest BCUT2D eigenvalue weighted by atomic mass is 32.2. The highest BCUT2D eigenvalue weighted by Crippen LogP contribution is 2.42. The van der Waals surface area contributed by atoms with E-state index in [9.17, 15) is 4.79 Å². The fourth-order valence-electron chi connectivity index (χ4n) is 3.50. The molecular weight excluding hydrogens is 392 g/mol. The Kier molecular flexibility index (Phi) is 6.83. The molecule has 1 aliphatic carbocycles. The Hall–Kier alpha value is -1.38. The monoisotopic (exact) mass is 422 g/mol. The first-order valence-corrected chi connectivity index (χ1v) is 11.5. The van der Waals surface area contributed by atoms with Crippen LogP contribution in [0.3, 0.4) is 0 Å². The Morgan fingerprint density at radius 2 is 2.21 bits per heavy atom. The SMILES string of the molecule is COCCNC(=O)CSc1nnc(-c2cc3c(s2)CC[C@H](C(C)(C)C)C3)n1C. The number of carbonyl (C=O) groups excluding carboxylic acids is 1. The lowest BCUT2D eigenvalue weighted by Crippen LogP contribution is -2.28. The van der Waals surface area contributed by atoms with Gasteiger partial charge >= 0.3 is 0 Å². The molecule has 0 spiro atoms. The van der Waals surface area contributed by atoms with Crippen LogP contribution < -0.4 is 5.32 Å². The molecule has 0 aliphatic heterocycles. The van der Waals surface area contributed by atoms with Crippen LogP contribution in [0.15, 0.2) is 11.2 Å². The van der Waals surface area contributed by atoms with Crippen LogP contribution in [0.2, 0.25) is 0 Å². The maximum atomic E-state index is 11.9. The lowest BCUT2D eigenvalue weighted by atomic mass is 9.72. The highest BCUT2D eigenvalue weighted by Gasteiger charge is 2.30. The van der Waals surface area contributed by atoms with Crippen LogP contribution in [-0.2, 0) is 29.4 Å². The van der Waals surface area contributed by atoms with Crippen LogP contribution in [-0.4, -0.2) is 46.7 Å². The molecular formula is C20H30N4O2S2. The standard InChI is InChI=1S/C20H30N4O2S2/c1-20(2,3)14-6-7-15-13(10-14)11-16(28-15)18-22-23-19(24(18)4)27-12-17(25)21-8-9-26-5/h11,14H,6-10,12H2,1-5H3,(H,21,25)/t14-/m0/s1. The topological polar surface area (TPSA) is 69.0 Å². The number of hydrogen-bond donors (Lipinski definition) is 1. The molecule has 2 heterocycles. The van der Waals surface area contributed by atoms with Gasteiger partial charge in [0.2, 0.25) is 5.91 Å². The molecule has 0 fully saturated rings. The third-order valence-electron chi connectivity index (χ3n) is 5.32. The molecule has 2 aromatic rings. The van der Waals surface area contributed by atoms with Crippen molar-refractivity contribution in [1.29, 1.82) is 0 Å². The molecule has 8 heteroatoms. The number of aromatic nitrogens is 3. The minimum absolute atomic E-state index is 0.0218. The third kappa shape index (κ3) is 4.96. The quantitative estimate of drug-likeness (QED) is 0.546. The molecule has 0 unspecified atom stereocenters. The second-order valence-electron chi connectivity index (χ2n) is 8.36. The fraction of sp³-hybridized carbons (Fsp3) is 0.650. The average Bonchev–Trinajstić information content (AvgIpc) is 3.21. The highest BCUT2D eigenvalue weighted by molar-refractivity contribution is 7.99. The van der Waals surface area contributed by atoms with Gasteiger partial charge in [0, 0.05) is 25.6 Å². The molecule has 0 bridgehead atoms. The second kappa shape index (κ2) is 8.97. The number of amides is 1. The van der Waals surface area contributed by atoms with Crippen LogP contribution >= 0.6 is 23.1 Å². The maximum Gasteiger partial charge on any atom is 0.230 e. The second-order valence-corrected chi connectivity index (χ2v) is 10.4. The lowest BCUT2D eigenvalue weighted by molar-refractivity contribution is -0.118. The van der Waals surface area contributed by atoms with Gasteiger partial charge in [-0.2, -0.15) is 0 Å². The summed E-state index contributed by atoms with van der Waals surface area (Å²) in [4.78, 5) is 14.5. The number of thioether (sulfide) groups is 1. The number of nitrogens with zero attached hydrogens (tertiary/aromatic N) is 3. The Bertz CT molecular complexity index is 823. The largest absolute Gasteiger partial charge is 0.383 e. The van der Waals surface area contributed by atoms with E-state index in [0.717, 1.165) is 29.7 Å². The van der Waals surface area contributed by atoms with E-state index in [1.165, 1.54) is 33.5 Å². The minimum Gasteiger partial charge on any atom is -0.383 e. The molecule has 0 aromatic carbocycles. The van der Waals surface area contributed by atoms with Crippen LogP contribution in [0.4, 0.5) is 0 Å². The summed E-state index contributed by atoms with van der Waals surface area (Å²) in [6.45, 7) is 8.06. The van der Waals surface area contributed by atoms with Gasteiger partial charge in [0.05, 0.1) is 17.2 Å². The van der Waals surface area contributed by atoms with E-state index >= 15 is 0 Å². The summed E-state index contributed by atoms with van der Waals surface area (Å²) in [6.07, 6.45) is 3.56. The summed E-state index contributed by atoms with van der Waals surface area (Å²) in [5.41, 5.74) is 1.82. The number of ether oxygens (including phenoxy) is 1. The summed E-state index contributed by atoms with van der Waals surface area (Å²) in [7, 11) is 3.59. The third-order valence-corrected chi connectivity index (χ3v) is 7.58. The molecule has 28 heavy (non-hydrogen) atoms. The van der Waals surface area contributed by atoms with Gasteiger partial charge in [0.1, 0.15) is 0 Å². The summed E-state index contributed by atoms with van der Waals surface area (Å²) in [5.74, 6) is 1.91. The van der Waals surface area contributed by atoms with Gasteiger partial charge in [-0.15, -0.1) is 21.5 Å². The summed E-state index contributed by atoms with van der Waals surface area (Å²) >= 11 is 3.25. The predicted molar refractivity (Wildman–Crippen MR) is 115 cm³/mol. The van der Waals surface area contributed by atoms with E-state index in [1.54, 1.807) is 7.11 Å². The minimum atomic E-state index is -0.0218. The molecule has 0 saturated carbocycles. The van der Waals surface area contributed by atoms with Crippen LogP contribution in [0, 0.1) is 11.3 Å². The number of thiophene rings is 1. The van der Waals surface area contributed by atoms with Crippen molar-refractivity contribution in [1.82, 2.24) is 20.1 Å². The number of carbonyl (C=O) groups is 1. The van der Waals surface area contributed by atoms with E-state index in [4.69, 9.17) is 4.74 Å². The number of rotatable bonds is 7. The van der Waals surface area contributed by atoms with Gasteiger partial charge in [0.25, 0.3) is 0 Å². The summed E-state index contributed by atoms with van der Waals surface area (Å²) in [6, 6.07) is 2.30. The van der Waals surface area contributed by atoms with Gasteiger partial charge in [-0.3, -0.25) is 4.79 Å². The van der Waals surface area contributed by atoms with Crippen molar-refractivity contribution in [2.45, 2.75) is 45.2 Å². The van der Waals surface area contributed by atoms with Crippen molar-refractivity contribution in [3.8, 4) is 10.7 Å². The lowest BCUT2D eigenvalue weighted by Gasteiger charge is -2.33. The zero-order chi connectivity index (χ0) is 20.3. The maximum absolute atomic E-state index is 11.9. The summed E-state index contributed by atoms with van der Waals surface area (Å²) in [5, 5.41) is 12.3. The van der Waals surface area contributed by atoms with E-state index < -0.39 is 0 Å². The number of methoxy groups -OCH3 is 1. The molecule has 1 atom stereocenters. The average molecular weight is 423 g/mol. The summed E-state index contributed by atoms with van der Waals surface area (Å²) < 4.78 is 6.93. The van der Waals surface area contributed by atoms with Crippen molar-refractivity contribution < 1.29 is 9.53 Å². The fourth-order valence-corrected chi connectivity index (χ4v) is 5.47. The van der Waals surface area contributed by atoms with E-state index in [1.807, 2.05) is 23.0 Å². The van der Waals surface area contributed by atoms with Crippen molar-refractivity contribution in [2.24, 2.45) is 18.4 Å². The van der Waals surface area contributed by atoms with Crippen molar-refractivity contribution in [2.75, 3.05) is 26.0 Å². The first-order valence-electron chi connectivity index (χ1n) is 9.69. The van der Waals surface area contributed by atoms with Crippen molar-refractivity contribution in [3.05, 3.63) is 16.5 Å². The van der Waals surface area contributed by atoms with Gasteiger partial charge in [-0.25, -0.2) is 0 Å². The van der Waals surface area contributed by atoms with Crippen LogP contribution in [0.1, 0.15) is 37.6 Å². The Labute approximate surface area is 175 Å². The van der Waals surface area contributed by atoms with Gasteiger partial charge in [-0.05, 0) is 42.2 Å². The molecule has 1 amide bonds. The van der Waals surface area contributed by atoms with Gasteiger partial charge in [0.15, 0.2) is 11.0 Å². The first-order chi connectivity index (χ1) is 13.3. The zero-order valence-electron chi connectivity index (χ0n) is 17.4. The van der Waals surface area contributed by atoms with E-state index in [0.29, 0.717) is 24.3 Å². The molecule has 6 nitrogen and oxygen atoms in total. The predicted octanol–water partition coefficient (Wildman–Crippen LogP) is 3.55. The number of nitrogens with one attached hydrogen (secondary N) is 1. The molecule has 1 aliphatic rings. The smallest absolute Gasteiger partial charge is 0.230 e. The molecule has 154 valence electrons. The van der Waals surface area contributed by atoms with Crippen molar-refractivity contribution in [3.63, 3.8) is 0 Å². The van der Waals surface area contributed by atoms with E-state index in [2.05, 4.69) is 42.4 Å². The van der Waals surface area contributed by atoms with Gasteiger partial charge in [-0.1, -0.05) is 32.5 Å². The number of aryl methyl sites for hydroxylation is 1. The van der Waals surface area contributed by atoms with Crippen LogP contribution in [0.5, 0.6) is 0 Å². The zero-order valence-corrected chi connectivity index (χ0v) is 19.0. The molecule has 1 N–H and O–H groups in total. The first kappa shape index (κ1) is 21.3. The van der Waals surface area contributed by atoms with Crippen molar-refractivity contribution >= 4 is 29.0 Å². The Balaban J connectivity index is 1.66. The molecule has 3 rings (SSSR count). The molecule has 0 radical (unpaired) electrons. The van der Waals surface area contributed by atoms with Gasteiger partial charge < -0.3 is 14.6 Å². The molecule has 0 saturated heterocycles. The van der Waals surface area contributed by atoms with Crippen LogP contribution in [0.25, 0.3) is 10.7 Å². The Morgan fingerprint density at radius 1 is 1.43 bits per heavy atom. The normalized spacial score (nSPS) is 16.8. The molecule has 2 aromatic heterocycles. The van der Waals surface area contributed by atoms with E-state index in [-0.39, 0.29) is 5.91 Å².